The molecule has 0 amide bonds. The van der Waals surface area contributed by atoms with Crippen LogP contribution in [0.15, 0.2) is 125 Å². The van der Waals surface area contributed by atoms with Crippen molar-refractivity contribution in [1.29, 1.82) is 0 Å². The minimum Gasteiger partial charge on any atom is -0.474 e. The van der Waals surface area contributed by atoms with Gasteiger partial charge in [0.15, 0.2) is 0 Å². The number of nitrogens with zero attached hydrogens (tertiary/aromatic N) is 5. The Morgan fingerprint density at radius 1 is 0.511 bits per heavy atom. The lowest BCUT2D eigenvalue weighted by Crippen LogP contribution is -2.04. The molecule has 0 unspecified atom stereocenters. The number of hydrogen-bond donors (Lipinski definition) is 0. The number of aromatic nitrogens is 3. The first-order valence-corrected chi connectivity index (χ1v) is 15.2. The third-order valence-electron chi connectivity index (χ3n) is 8.46. The topological polar surface area (TPSA) is 73.9 Å². The molecule has 0 saturated heterocycles. The van der Waals surface area contributed by atoms with Crippen molar-refractivity contribution in [3.05, 3.63) is 127 Å². The van der Waals surface area contributed by atoms with E-state index in [0.29, 0.717) is 38.1 Å². The Balaban J connectivity index is 1.23. The van der Waals surface area contributed by atoms with Crippen LogP contribution >= 0.6 is 0 Å². The summed E-state index contributed by atoms with van der Waals surface area (Å²) in [5.74, 6) is 1.23. The molecule has 0 N–H and O–H groups in total. The molecule has 2 aliphatic heterocycles. The van der Waals surface area contributed by atoms with Crippen molar-refractivity contribution in [3.63, 3.8) is 0 Å². The Morgan fingerprint density at radius 3 is 1.76 bits per heavy atom. The molecule has 3 aromatic heterocycles. The van der Waals surface area contributed by atoms with E-state index in [1.54, 1.807) is 0 Å². The van der Waals surface area contributed by atoms with Gasteiger partial charge in [-0.25, -0.2) is 20.0 Å². The van der Waals surface area contributed by atoms with Gasteiger partial charge in [-0.15, -0.1) is 0 Å². The van der Waals surface area contributed by atoms with Gasteiger partial charge in [-0.2, -0.15) is 0 Å². The van der Waals surface area contributed by atoms with Gasteiger partial charge in [0.05, 0.1) is 35.5 Å². The van der Waals surface area contributed by atoms with E-state index in [2.05, 4.69) is 93.4 Å². The van der Waals surface area contributed by atoms with Gasteiger partial charge in [0.1, 0.15) is 24.6 Å². The summed E-state index contributed by atoms with van der Waals surface area (Å²) in [4.78, 5) is 18.7. The lowest BCUT2D eigenvalue weighted by molar-refractivity contribution is 0.347. The van der Waals surface area contributed by atoms with Gasteiger partial charge in [0, 0.05) is 33.0 Å². The first-order valence-electron chi connectivity index (χ1n) is 15.2. The summed E-state index contributed by atoms with van der Waals surface area (Å²) in [5, 5.41) is 4.71. The molecule has 2 aliphatic rings. The van der Waals surface area contributed by atoms with Crippen LogP contribution in [-0.4, -0.2) is 52.6 Å². The zero-order chi connectivity index (χ0) is 29.7. The van der Waals surface area contributed by atoms with Crippen LogP contribution in [0.5, 0.6) is 0 Å². The van der Waals surface area contributed by atoms with E-state index in [4.69, 9.17) is 19.4 Å². The van der Waals surface area contributed by atoms with Crippen LogP contribution < -0.4 is 0 Å². The molecule has 0 radical (unpaired) electrons. The van der Waals surface area contributed by atoms with E-state index in [1.165, 1.54) is 21.7 Å². The van der Waals surface area contributed by atoms with Crippen LogP contribution in [-0.2, 0) is 9.47 Å². The van der Waals surface area contributed by atoms with Gasteiger partial charge in [-0.05, 0) is 53.9 Å². The molecule has 45 heavy (non-hydrogen) atoms. The van der Waals surface area contributed by atoms with E-state index in [-0.39, 0.29) is 0 Å². The Labute approximate surface area is 259 Å². The van der Waals surface area contributed by atoms with E-state index >= 15 is 0 Å². The van der Waals surface area contributed by atoms with Crippen LogP contribution in [0.3, 0.4) is 0 Å². The van der Waals surface area contributed by atoms with Gasteiger partial charge in [0.2, 0.25) is 11.8 Å². The number of hydrogen-bond acceptors (Lipinski definition) is 6. The van der Waals surface area contributed by atoms with Crippen molar-refractivity contribution >= 4 is 44.4 Å². The predicted molar refractivity (Wildman–Crippen MR) is 179 cm³/mol. The van der Waals surface area contributed by atoms with Crippen molar-refractivity contribution in [2.75, 3.05) is 26.3 Å². The van der Waals surface area contributed by atoms with Gasteiger partial charge in [0.25, 0.3) is 0 Å². The van der Waals surface area contributed by atoms with E-state index in [9.17, 15) is 0 Å². The molecule has 216 valence electrons. The Morgan fingerprint density at radius 2 is 1.11 bits per heavy atom. The van der Waals surface area contributed by atoms with Crippen molar-refractivity contribution < 1.29 is 9.47 Å². The number of pyridine rings is 2. The normalized spacial score (nSPS) is 14.5. The second kappa shape index (κ2) is 10.4. The average Bonchev–Trinajstić information content (AvgIpc) is 3.90. The molecule has 0 fully saturated rings. The Hall–Kier alpha value is -5.82. The Kier molecular flexibility index (Phi) is 5.94. The van der Waals surface area contributed by atoms with Crippen LogP contribution in [0.2, 0.25) is 0 Å². The monoisotopic (exact) mass is 585 g/mol. The maximum atomic E-state index is 5.69. The van der Waals surface area contributed by atoms with Crippen molar-refractivity contribution in [2.24, 2.45) is 9.98 Å². The molecule has 7 heteroatoms. The molecule has 7 aromatic rings. The second-order valence-electron chi connectivity index (χ2n) is 11.2. The summed E-state index contributed by atoms with van der Waals surface area (Å²) in [5.41, 5.74) is 8.80. The maximum Gasteiger partial charge on any atom is 0.235 e. The third-order valence-corrected chi connectivity index (χ3v) is 8.46. The van der Waals surface area contributed by atoms with Crippen LogP contribution in [0.1, 0.15) is 11.4 Å². The number of fused-ring (bicyclic) bond motifs is 5. The number of para-hydroxylation sites is 1. The molecule has 0 spiro atoms. The summed E-state index contributed by atoms with van der Waals surface area (Å²) in [6.45, 7) is 2.57. The van der Waals surface area contributed by atoms with Gasteiger partial charge >= 0.3 is 0 Å². The highest BCUT2D eigenvalue weighted by Crippen LogP contribution is 2.39. The first kappa shape index (κ1) is 25.7. The summed E-state index contributed by atoms with van der Waals surface area (Å²) in [6, 6.07) is 40.2. The molecular formula is C38H27N5O2. The molecule has 9 rings (SSSR count). The quantitative estimate of drug-likeness (QED) is 0.208. The molecule has 0 saturated carbocycles. The van der Waals surface area contributed by atoms with E-state index < -0.39 is 0 Å². The smallest absolute Gasteiger partial charge is 0.235 e. The number of rotatable bonds is 5. The minimum absolute atomic E-state index is 0.605. The molecule has 0 aliphatic carbocycles. The van der Waals surface area contributed by atoms with E-state index in [1.807, 2.05) is 36.4 Å². The highest BCUT2D eigenvalue weighted by molar-refractivity contribution is 6.19. The number of ether oxygens (including phenoxy) is 2. The zero-order valence-corrected chi connectivity index (χ0v) is 24.4. The lowest BCUT2D eigenvalue weighted by atomic mass is 10.0. The summed E-state index contributed by atoms with van der Waals surface area (Å²) < 4.78 is 13.7. The molecule has 4 aromatic carbocycles. The molecule has 5 heterocycles. The number of benzene rings is 4. The minimum atomic E-state index is 0.605. The zero-order valence-electron chi connectivity index (χ0n) is 24.4. The van der Waals surface area contributed by atoms with Gasteiger partial charge in [-0.3, -0.25) is 0 Å². The predicted octanol–water partition coefficient (Wildman–Crippen LogP) is 7.61. The average molecular weight is 586 g/mol. The third kappa shape index (κ3) is 4.35. The summed E-state index contributed by atoms with van der Waals surface area (Å²) in [7, 11) is 0. The van der Waals surface area contributed by atoms with Crippen LogP contribution in [0.4, 0.5) is 0 Å². The first-order chi connectivity index (χ1) is 22.3. The largest absolute Gasteiger partial charge is 0.474 e. The summed E-state index contributed by atoms with van der Waals surface area (Å²) in [6.07, 6.45) is 0. The summed E-state index contributed by atoms with van der Waals surface area (Å²) >= 11 is 0. The number of aliphatic imine (C=N–C) groups is 2. The fraction of sp³-hybridized carbons (Fsp3) is 0.105. The SMILES string of the molecule is c1ccc(-n2c3cc(-c4cccc(C5=NCCO5)n4)ccc3c3ccc4cc(-c5cccc(C6=NCCO6)n5)ccc4c32)cc1. The van der Waals surface area contributed by atoms with Gasteiger partial charge < -0.3 is 14.0 Å². The lowest BCUT2D eigenvalue weighted by Gasteiger charge is -2.11. The molecule has 0 bridgehead atoms. The van der Waals surface area contributed by atoms with E-state index in [0.717, 1.165) is 50.5 Å². The Bertz CT molecular complexity index is 2340. The molecular weight excluding hydrogens is 558 g/mol. The van der Waals surface area contributed by atoms with Crippen molar-refractivity contribution in [1.82, 2.24) is 14.5 Å². The highest BCUT2D eigenvalue weighted by atomic mass is 16.5. The standard InChI is InChI=1S/C38H27N5O2/c1-2-6-27(7-3-1)43-35-23-26(32-9-5-11-34(42-32)38-40-19-21-45-38)14-16-29(35)30-17-12-24-22-25(13-15-28(24)36(30)43)31-8-4-10-33(41-31)37-39-18-20-44-37/h1-17,22-23H,18-21H2. The fourth-order valence-electron chi connectivity index (χ4n) is 6.41. The van der Waals surface area contributed by atoms with Crippen molar-refractivity contribution in [3.8, 4) is 28.2 Å². The van der Waals surface area contributed by atoms with Crippen LogP contribution in [0.25, 0.3) is 60.8 Å². The van der Waals surface area contributed by atoms with Crippen molar-refractivity contribution in [2.45, 2.75) is 0 Å². The highest BCUT2D eigenvalue weighted by Gasteiger charge is 2.18. The molecule has 7 nitrogen and oxygen atoms in total. The fourth-order valence-corrected chi connectivity index (χ4v) is 6.41. The van der Waals surface area contributed by atoms with Crippen LogP contribution in [0, 0.1) is 0 Å². The maximum absolute atomic E-state index is 5.69. The van der Waals surface area contributed by atoms with Gasteiger partial charge in [-0.1, -0.05) is 66.7 Å². The second-order valence-corrected chi connectivity index (χ2v) is 11.2. The molecule has 0 atom stereocenters.